The molecule has 5 atom stereocenters. The molecule has 0 amide bonds. The maximum Gasteiger partial charge on any atom is 0.186 e. The standard InChI is InChI=1S/C7H14O5S/c1-11-7-6(10)5(9)4(8)3(2-13)12-7/h3-10,13H,2H2,1H3/t3-,4-,5+,6-,7+/m1/s1. The molecule has 0 spiro atoms. The minimum atomic E-state index is -1.25. The number of rotatable bonds is 2. The molecular formula is C7H14O5S. The van der Waals surface area contributed by atoms with Gasteiger partial charge in [0, 0.05) is 12.9 Å². The van der Waals surface area contributed by atoms with Crippen LogP contribution in [0.25, 0.3) is 0 Å². The highest BCUT2D eigenvalue weighted by molar-refractivity contribution is 7.80. The lowest BCUT2D eigenvalue weighted by atomic mass is 10.00. The SMILES string of the molecule is CO[C@H]1O[C@H](CS)[C@@H](O)[C@H](O)[C@H]1O. The van der Waals surface area contributed by atoms with E-state index in [1.807, 2.05) is 0 Å². The van der Waals surface area contributed by atoms with Crippen molar-refractivity contribution < 1.29 is 24.8 Å². The second kappa shape index (κ2) is 4.59. The van der Waals surface area contributed by atoms with Crippen molar-refractivity contribution in [1.82, 2.24) is 0 Å². The topological polar surface area (TPSA) is 79.2 Å². The molecule has 5 nitrogen and oxygen atoms in total. The predicted molar refractivity (Wildman–Crippen MR) is 47.5 cm³/mol. The highest BCUT2D eigenvalue weighted by atomic mass is 32.1. The van der Waals surface area contributed by atoms with E-state index in [4.69, 9.17) is 9.47 Å². The van der Waals surface area contributed by atoms with Crippen molar-refractivity contribution in [1.29, 1.82) is 0 Å². The molecule has 0 aromatic carbocycles. The molecule has 0 aliphatic carbocycles. The first-order valence-electron chi connectivity index (χ1n) is 3.95. The van der Waals surface area contributed by atoms with Crippen molar-refractivity contribution in [2.75, 3.05) is 12.9 Å². The fourth-order valence-corrected chi connectivity index (χ4v) is 1.56. The molecule has 78 valence electrons. The lowest BCUT2D eigenvalue weighted by molar-refractivity contribution is -0.284. The molecule has 0 aromatic heterocycles. The molecule has 6 heteroatoms. The first-order valence-corrected chi connectivity index (χ1v) is 4.58. The molecular weight excluding hydrogens is 196 g/mol. The van der Waals surface area contributed by atoms with Gasteiger partial charge in [0.2, 0.25) is 0 Å². The maximum absolute atomic E-state index is 9.38. The Labute approximate surface area is 81.7 Å². The fourth-order valence-electron chi connectivity index (χ4n) is 1.26. The summed E-state index contributed by atoms with van der Waals surface area (Å²) in [6.45, 7) is 0. The van der Waals surface area contributed by atoms with Crippen LogP contribution in [-0.2, 0) is 9.47 Å². The zero-order chi connectivity index (χ0) is 10.0. The van der Waals surface area contributed by atoms with Crippen molar-refractivity contribution in [2.24, 2.45) is 0 Å². The van der Waals surface area contributed by atoms with Crippen molar-refractivity contribution in [3.05, 3.63) is 0 Å². The van der Waals surface area contributed by atoms with E-state index in [1.54, 1.807) is 0 Å². The molecule has 1 rings (SSSR count). The van der Waals surface area contributed by atoms with Gasteiger partial charge in [-0.15, -0.1) is 0 Å². The molecule has 1 aliphatic rings. The summed E-state index contributed by atoms with van der Waals surface area (Å²) in [5.41, 5.74) is 0. The molecule has 1 saturated heterocycles. The summed E-state index contributed by atoms with van der Waals surface area (Å²) in [5.74, 6) is 0.255. The van der Waals surface area contributed by atoms with Gasteiger partial charge in [-0.25, -0.2) is 0 Å². The minimum absolute atomic E-state index is 0.255. The van der Waals surface area contributed by atoms with E-state index >= 15 is 0 Å². The van der Waals surface area contributed by atoms with Gasteiger partial charge in [-0.05, 0) is 0 Å². The number of ether oxygens (including phenoxy) is 2. The van der Waals surface area contributed by atoms with Gasteiger partial charge in [0.15, 0.2) is 6.29 Å². The average molecular weight is 210 g/mol. The number of hydrogen-bond acceptors (Lipinski definition) is 6. The van der Waals surface area contributed by atoms with Gasteiger partial charge in [-0.2, -0.15) is 12.6 Å². The van der Waals surface area contributed by atoms with Gasteiger partial charge in [-0.1, -0.05) is 0 Å². The van der Waals surface area contributed by atoms with Crippen molar-refractivity contribution >= 4 is 12.6 Å². The lowest BCUT2D eigenvalue weighted by Gasteiger charge is -2.39. The predicted octanol–water partition coefficient (Wildman–Crippen LogP) is -1.63. The maximum atomic E-state index is 9.38. The Bertz CT molecular complexity index is 147. The van der Waals surface area contributed by atoms with Crippen LogP contribution in [0.5, 0.6) is 0 Å². The minimum Gasteiger partial charge on any atom is -0.388 e. The average Bonchev–Trinajstić information content (AvgIpc) is 2.15. The van der Waals surface area contributed by atoms with Crippen LogP contribution in [0, 0.1) is 0 Å². The number of thiol groups is 1. The monoisotopic (exact) mass is 210 g/mol. The highest BCUT2D eigenvalue weighted by Gasteiger charge is 2.43. The summed E-state index contributed by atoms with van der Waals surface area (Å²) in [6, 6.07) is 0. The Morgan fingerprint density at radius 2 is 1.85 bits per heavy atom. The molecule has 0 bridgehead atoms. The van der Waals surface area contributed by atoms with Gasteiger partial charge in [-0.3, -0.25) is 0 Å². The van der Waals surface area contributed by atoms with Crippen LogP contribution in [0.4, 0.5) is 0 Å². The lowest BCUT2D eigenvalue weighted by Crippen LogP contribution is -2.58. The molecule has 1 heterocycles. The Morgan fingerprint density at radius 3 is 2.31 bits per heavy atom. The first-order chi connectivity index (χ1) is 6.11. The molecule has 3 N–H and O–H groups in total. The summed E-state index contributed by atoms with van der Waals surface area (Å²) in [4.78, 5) is 0. The zero-order valence-corrected chi connectivity index (χ0v) is 8.09. The third-order valence-electron chi connectivity index (χ3n) is 2.08. The van der Waals surface area contributed by atoms with E-state index in [-0.39, 0.29) is 5.75 Å². The van der Waals surface area contributed by atoms with Crippen molar-refractivity contribution in [2.45, 2.75) is 30.7 Å². The summed E-state index contributed by atoms with van der Waals surface area (Å²) in [7, 11) is 1.36. The van der Waals surface area contributed by atoms with Crippen LogP contribution in [0.3, 0.4) is 0 Å². The fraction of sp³-hybridized carbons (Fsp3) is 1.00. The van der Waals surface area contributed by atoms with Crippen LogP contribution in [0.2, 0.25) is 0 Å². The van der Waals surface area contributed by atoms with E-state index < -0.39 is 30.7 Å². The Kier molecular flexibility index (Phi) is 3.96. The Morgan fingerprint density at radius 1 is 1.23 bits per heavy atom. The second-order valence-corrected chi connectivity index (χ2v) is 3.30. The quantitative estimate of drug-likeness (QED) is 0.412. The van der Waals surface area contributed by atoms with E-state index in [0.717, 1.165) is 0 Å². The van der Waals surface area contributed by atoms with Crippen LogP contribution < -0.4 is 0 Å². The molecule has 1 aliphatic heterocycles. The molecule has 0 saturated carbocycles. The Hall–Kier alpha value is 0.150. The van der Waals surface area contributed by atoms with E-state index in [2.05, 4.69) is 12.6 Å². The number of hydrogen-bond donors (Lipinski definition) is 4. The largest absolute Gasteiger partial charge is 0.388 e. The zero-order valence-electron chi connectivity index (χ0n) is 7.20. The van der Waals surface area contributed by atoms with E-state index in [9.17, 15) is 15.3 Å². The van der Waals surface area contributed by atoms with Crippen LogP contribution in [0.15, 0.2) is 0 Å². The van der Waals surface area contributed by atoms with Crippen molar-refractivity contribution in [3.8, 4) is 0 Å². The molecule has 13 heavy (non-hydrogen) atoms. The molecule has 0 radical (unpaired) electrons. The van der Waals surface area contributed by atoms with Crippen LogP contribution in [0.1, 0.15) is 0 Å². The van der Waals surface area contributed by atoms with E-state index in [0.29, 0.717) is 0 Å². The summed E-state index contributed by atoms with van der Waals surface area (Å²) >= 11 is 3.94. The summed E-state index contributed by atoms with van der Waals surface area (Å²) in [6.07, 6.45) is -5.13. The highest BCUT2D eigenvalue weighted by Crippen LogP contribution is 2.21. The Balaban J connectivity index is 2.66. The summed E-state index contributed by atoms with van der Waals surface area (Å²) < 4.78 is 9.90. The van der Waals surface area contributed by atoms with Gasteiger partial charge >= 0.3 is 0 Å². The van der Waals surface area contributed by atoms with Gasteiger partial charge < -0.3 is 24.8 Å². The van der Waals surface area contributed by atoms with Crippen molar-refractivity contribution in [3.63, 3.8) is 0 Å². The van der Waals surface area contributed by atoms with Gasteiger partial charge in [0.05, 0.1) is 6.10 Å². The number of aliphatic hydroxyl groups is 3. The number of methoxy groups -OCH3 is 1. The van der Waals surface area contributed by atoms with Gasteiger partial charge in [0.25, 0.3) is 0 Å². The molecule has 0 aromatic rings. The number of aliphatic hydroxyl groups excluding tert-OH is 3. The third kappa shape index (κ3) is 2.15. The molecule has 0 unspecified atom stereocenters. The van der Waals surface area contributed by atoms with Crippen LogP contribution in [-0.4, -0.2) is 58.9 Å². The van der Waals surface area contributed by atoms with E-state index in [1.165, 1.54) is 7.11 Å². The third-order valence-corrected chi connectivity index (χ3v) is 2.44. The normalized spacial score (nSPS) is 46.4. The second-order valence-electron chi connectivity index (χ2n) is 2.93. The first kappa shape index (κ1) is 11.2. The summed E-state index contributed by atoms with van der Waals surface area (Å²) in [5, 5.41) is 28.1. The smallest absolute Gasteiger partial charge is 0.186 e. The van der Waals surface area contributed by atoms with Gasteiger partial charge in [0.1, 0.15) is 18.3 Å². The van der Waals surface area contributed by atoms with Crippen LogP contribution >= 0.6 is 12.6 Å². The molecule has 1 fully saturated rings.